The molecule has 0 spiro atoms. The van der Waals surface area contributed by atoms with E-state index in [2.05, 4.69) is 6.92 Å². The van der Waals surface area contributed by atoms with Gasteiger partial charge in [0, 0.05) is 0 Å². The van der Waals surface area contributed by atoms with Crippen molar-refractivity contribution >= 4 is 0 Å². The number of rotatable bonds is 8. The normalized spacial score (nSPS) is 12.2. The Kier molecular flexibility index (Phi) is 6.58. The van der Waals surface area contributed by atoms with Crippen LogP contribution >= 0.6 is 0 Å². The molecule has 1 N–H and O–H groups in total. The molecule has 0 aromatic heterocycles. The maximum atomic E-state index is 9.51. The van der Waals surface area contributed by atoms with Crippen LogP contribution in [0, 0.1) is 0 Å². The summed E-state index contributed by atoms with van der Waals surface area (Å²) >= 11 is 0. The number of unbranched alkanes of at least 4 members (excludes halogenated alkanes) is 3. The fraction of sp³-hybridized carbons (Fsp3) is 0.600. The average molecular weight is 252 g/mol. The van der Waals surface area contributed by atoms with Crippen molar-refractivity contribution in [2.75, 3.05) is 13.7 Å². The van der Waals surface area contributed by atoms with Crippen LogP contribution in [0.2, 0.25) is 0 Å². The van der Waals surface area contributed by atoms with Crippen molar-refractivity contribution < 1.29 is 14.6 Å². The Morgan fingerprint density at radius 1 is 1.17 bits per heavy atom. The molecule has 0 saturated carbocycles. The highest BCUT2D eigenvalue weighted by atomic mass is 16.5. The molecular formula is C15H24O3. The molecule has 3 nitrogen and oxygen atoms in total. The lowest BCUT2D eigenvalue weighted by Gasteiger charge is -2.13. The molecule has 0 aliphatic rings. The van der Waals surface area contributed by atoms with Gasteiger partial charge in [0.15, 0.2) is 11.5 Å². The minimum absolute atomic E-state index is 0.488. The van der Waals surface area contributed by atoms with E-state index in [1.807, 2.05) is 18.2 Å². The van der Waals surface area contributed by atoms with Gasteiger partial charge >= 0.3 is 0 Å². The second kappa shape index (κ2) is 7.98. The van der Waals surface area contributed by atoms with Crippen molar-refractivity contribution in [3.63, 3.8) is 0 Å². The summed E-state index contributed by atoms with van der Waals surface area (Å²) in [4.78, 5) is 0. The molecule has 0 fully saturated rings. The summed E-state index contributed by atoms with van der Waals surface area (Å²) in [5.41, 5.74) is 0.838. The Hall–Kier alpha value is -1.22. The molecule has 1 aromatic carbocycles. The predicted molar refractivity (Wildman–Crippen MR) is 73.3 cm³/mol. The molecular weight excluding hydrogens is 228 g/mol. The zero-order chi connectivity index (χ0) is 13.4. The van der Waals surface area contributed by atoms with Crippen LogP contribution in [0.15, 0.2) is 18.2 Å². The number of benzene rings is 1. The second-order valence-corrected chi connectivity index (χ2v) is 4.50. The van der Waals surface area contributed by atoms with Gasteiger partial charge in [0.25, 0.3) is 0 Å². The van der Waals surface area contributed by atoms with E-state index in [1.165, 1.54) is 19.3 Å². The maximum absolute atomic E-state index is 9.51. The molecule has 0 heterocycles. The molecule has 0 bridgehead atoms. The quantitative estimate of drug-likeness (QED) is 0.717. The summed E-state index contributed by atoms with van der Waals surface area (Å²) in [7, 11) is 1.62. The van der Waals surface area contributed by atoms with Crippen LogP contribution in [-0.2, 0) is 0 Å². The number of hydrogen-bond donors (Lipinski definition) is 1. The van der Waals surface area contributed by atoms with E-state index < -0.39 is 6.10 Å². The molecule has 0 aliphatic heterocycles. The van der Waals surface area contributed by atoms with Gasteiger partial charge in [0.1, 0.15) is 0 Å². The molecule has 0 saturated heterocycles. The smallest absolute Gasteiger partial charge is 0.161 e. The van der Waals surface area contributed by atoms with Crippen molar-refractivity contribution in [3.05, 3.63) is 23.8 Å². The Morgan fingerprint density at radius 3 is 2.56 bits per heavy atom. The second-order valence-electron chi connectivity index (χ2n) is 4.50. The highest BCUT2D eigenvalue weighted by Crippen LogP contribution is 2.30. The fourth-order valence-corrected chi connectivity index (χ4v) is 1.77. The zero-order valence-corrected chi connectivity index (χ0v) is 11.6. The molecule has 3 heteroatoms. The van der Waals surface area contributed by atoms with Crippen LogP contribution in [0.25, 0.3) is 0 Å². The van der Waals surface area contributed by atoms with E-state index >= 15 is 0 Å². The molecule has 1 atom stereocenters. The van der Waals surface area contributed by atoms with Crippen molar-refractivity contribution in [2.24, 2.45) is 0 Å². The van der Waals surface area contributed by atoms with Crippen LogP contribution in [-0.4, -0.2) is 18.8 Å². The van der Waals surface area contributed by atoms with E-state index in [1.54, 1.807) is 14.0 Å². The van der Waals surface area contributed by atoms with Crippen LogP contribution in [0.3, 0.4) is 0 Å². The number of aliphatic hydroxyl groups excluding tert-OH is 1. The predicted octanol–water partition coefficient (Wildman–Crippen LogP) is 3.71. The van der Waals surface area contributed by atoms with Gasteiger partial charge in [-0.2, -0.15) is 0 Å². The van der Waals surface area contributed by atoms with Gasteiger partial charge in [-0.25, -0.2) is 0 Å². The number of hydrogen-bond acceptors (Lipinski definition) is 3. The van der Waals surface area contributed by atoms with Crippen LogP contribution in [0.1, 0.15) is 51.2 Å². The zero-order valence-electron chi connectivity index (χ0n) is 11.6. The molecule has 18 heavy (non-hydrogen) atoms. The SMILES string of the molecule is CCCCCCOc1ccc([C@@H](C)O)cc1OC. The monoisotopic (exact) mass is 252 g/mol. The average Bonchev–Trinajstić information content (AvgIpc) is 2.38. The minimum atomic E-state index is -0.488. The van der Waals surface area contributed by atoms with Gasteiger partial charge in [-0.1, -0.05) is 32.3 Å². The van der Waals surface area contributed by atoms with E-state index in [0.717, 1.165) is 17.7 Å². The van der Waals surface area contributed by atoms with Gasteiger partial charge in [0.2, 0.25) is 0 Å². The third-order valence-corrected chi connectivity index (χ3v) is 2.93. The Labute approximate surface area is 110 Å². The van der Waals surface area contributed by atoms with Gasteiger partial charge < -0.3 is 14.6 Å². The van der Waals surface area contributed by atoms with E-state index in [-0.39, 0.29) is 0 Å². The first-order chi connectivity index (χ1) is 8.69. The molecule has 0 unspecified atom stereocenters. The minimum Gasteiger partial charge on any atom is -0.493 e. The fourth-order valence-electron chi connectivity index (χ4n) is 1.77. The lowest BCUT2D eigenvalue weighted by molar-refractivity contribution is 0.198. The first kappa shape index (κ1) is 14.8. The first-order valence-corrected chi connectivity index (χ1v) is 6.67. The van der Waals surface area contributed by atoms with Crippen molar-refractivity contribution in [1.82, 2.24) is 0 Å². The Bertz CT molecular complexity index is 348. The molecule has 0 radical (unpaired) electrons. The number of ether oxygens (including phenoxy) is 2. The summed E-state index contributed by atoms with van der Waals surface area (Å²) in [6, 6.07) is 5.56. The van der Waals surface area contributed by atoms with Crippen LogP contribution < -0.4 is 9.47 Å². The molecule has 102 valence electrons. The van der Waals surface area contributed by atoms with E-state index in [9.17, 15) is 5.11 Å². The third-order valence-electron chi connectivity index (χ3n) is 2.93. The third kappa shape index (κ3) is 4.57. The maximum Gasteiger partial charge on any atom is 0.161 e. The summed E-state index contributed by atoms with van der Waals surface area (Å²) < 4.78 is 11.0. The molecule has 1 rings (SSSR count). The van der Waals surface area contributed by atoms with Gasteiger partial charge in [0.05, 0.1) is 19.8 Å². The summed E-state index contributed by atoms with van der Waals surface area (Å²) in [5, 5.41) is 9.51. The molecule has 1 aromatic rings. The van der Waals surface area contributed by atoms with Crippen LogP contribution in [0.4, 0.5) is 0 Å². The topological polar surface area (TPSA) is 38.7 Å². The summed E-state index contributed by atoms with van der Waals surface area (Å²) in [6.45, 7) is 4.64. The largest absolute Gasteiger partial charge is 0.493 e. The van der Waals surface area contributed by atoms with Gasteiger partial charge in [-0.3, -0.25) is 0 Å². The molecule has 0 aliphatic carbocycles. The van der Waals surface area contributed by atoms with Crippen molar-refractivity contribution in [1.29, 1.82) is 0 Å². The van der Waals surface area contributed by atoms with E-state index in [0.29, 0.717) is 12.4 Å². The Balaban J connectivity index is 2.54. The lowest BCUT2D eigenvalue weighted by Crippen LogP contribution is -2.00. The first-order valence-electron chi connectivity index (χ1n) is 6.67. The van der Waals surface area contributed by atoms with Crippen molar-refractivity contribution in [3.8, 4) is 11.5 Å². The van der Waals surface area contributed by atoms with Gasteiger partial charge in [-0.15, -0.1) is 0 Å². The lowest BCUT2D eigenvalue weighted by atomic mass is 10.1. The number of aliphatic hydroxyl groups is 1. The van der Waals surface area contributed by atoms with Gasteiger partial charge in [-0.05, 0) is 31.0 Å². The van der Waals surface area contributed by atoms with Crippen molar-refractivity contribution in [2.45, 2.75) is 45.6 Å². The highest BCUT2D eigenvalue weighted by molar-refractivity contribution is 5.43. The highest BCUT2D eigenvalue weighted by Gasteiger charge is 2.08. The summed E-state index contributed by atoms with van der Waals surface area (Å²) in [5.74, 6) is 1.43. The van der Waals surface area contributed by atoms with E-state index in [4.69, 9.17) is 9.47 Å². The molecule has 0 amide bonds. The standard InChI is InChI=1S/C15H24O3/c1-4-5-6-7-10-18-14-9-8-13(12(2)16)11-15(14)17-3/h8-9,11-12,16H,4-7,10H2,1-3H3/t12-/m1/s1. The summed E-state index contributed by atoms with van der Waals surface area (Å²) in [6.07, 6.45) is 4.26. The number of methoxy groups -OCH3 is 1. The van der Waals surface area contributed by atoms with Crippen LogP contribution in [0.5, 0.6) is 11.5 Å². The Morgan fingerprint density at radius 2 is 1.94 bits per heavy atom.